The summed E-state index contributed by atoms with van der Waals surface area (Å²) in [5.41, 5.74) is 1.34. The molecule has 1 aromatic rings. The van der Waals surface area contributed by atoms with E-state index >= 15 is 0 Å². The molecular formula is C23H34N4O2. The van der Waals surface area contributed by atoms with Crippen molar-refractivity contribution in [1.82, 2.24) is 20.0 Å². The molecular weight excluding hydrogens is 364 g/mol. The van der Waals surface area contributed by atoms with Crippen molar-refractivity contribution in [2.24, 2.45) is 5.92 Å². The minimum Gasteiger partial charge on any atom is -0.353 e. The fourth-order valence-electron chi connectivity index (χ4n) is 5.37. The number of hydrogen-bond donors (Lipinski definition) is 1. The van der Waals surface area contributed by atoms with E-state index in [0.29, 0.717) is 24.5 Å². The molecule has 158 valence electrons. The smallest absolute Gasteiger partial charge is 0.234 e. The Morgan fingerprint density at radius 3 is 2.48 bits per heavy atom. The van der Waals surface area contributed by atoms with Crippen LogP contribution in [0.1, 0.15) is 44.7 Å². The Hall–Kier alpha value is -1.92. The average molecular weight is 399 g/mol. The summed E-state index contributed by atoms with van der Waals surface area (Å²) in [6.45, 7) is 8.50. The van der Waals surface area contributed by atoms with Gasteiger partial charge in [-0.1, -0.05) is 30.3 Å². The number of amides is 2. The molecule has 29 heavy (non-hydrogen) atoms. The number of rotatable bonds is 5. The number of hydrogen-bond acceptors (Lipinski definition) is 4. The van der Waals surface area contributed by atoms with Crippen molar-refractivity contribution in [3.63, 3.8) is 0 Å². The minimum atomic E-state index is 0.0721. The summed E-state index contributed by atoms with van der Waals surface area (Å²) in [7, 11) is 0. The van der Waals surface area contributed by atoms with Crippen LogP contribution in [0.3, 0.4) is 0 Å². The van der Waals surface area contributed by atoms with E-state index < -0.39 is 0 Å². The van der Waals surface area contributed by atoms with E-state index in [-0.39, 0.29) is 17.9 Å². The topological polar surface area (TPSA) is 55.9 Å². The molecule has 0 unspecified atom stereocenters. The summed E-state index contributed by atoms with van der Waals surface area (Å²) in [5.74, 6) is 0.507. The van der Waals surface area contributed by atoms with Crippen molar-refractivity contribution >= 4 is 11.8 Å². The van der Waals surface area contributed by atoms with Gasteiger partial charge in [0.25, 0.3) is 0 Å². The van der Waals surface area contributed by atoms with Gasteiger partial charge in [-0.3, -0.25) is 19.4 Å². The van der Waals surface area contributed by atoms with E-state index in [1.54, 1.807) is 0 Å². The molecule has 2 amide bonds. The van der Waals surface area contributed by atoms with Crippen LogP contribution in [-0.2, 0) is 9.59 Å². The zero-order chi connectivity index (χ0) is 20.4. The van der Waals surface area contributed by atoms with E-state index in [1.807, 2.05) is 18.7 Å². The molecule has 0 bridgehead atoms. The lowest BCUT2D eigenvalue weighted by molar-refractivity contribution is -0.138. The Bertz CT molecular complexity index is 715. The maximum Gasteiger partial charge on any atom is 0.234 e. The molecule has 0 radical (unpaired) electrons. The molecule has 3 atom stereocenters. The summed E-state index contributed by atoms with van der Waals surface area (Å²) >= 11 is 0. The highest BCUT2D eigenvalue weighted by Gasteiger charge is 2.48. The third-order valence-electron chi connectivity index (χ3n) is 6.69. The molecule has 3 fully saturated rings. The molecule has 1 aromatic carbocycles. The van der Waals surface area contributed by atoms with Gasteiger partial charge < -0.3 is 10.2 Å². The quantitative estimate of drug-likeness (QED) is 0.823. The third-order valence-corrected chi connectivity index (χ3v) is 6.69. The van der Waals surface area contributed by atoms with Crippen LogP contribution in [0.25, 0.3) is 0 Å². The van der Waals surface area contributed by atoms with Crippen molar-refractivity contribution in [1.29, 1.82) is 0 Å². The lowest BCUT2D eigenvalue weighted by Gasteiger charge is -2.36. The van der Waals surface area contributed by atoms with Crippen LogP contribution in [0.2, 0.25) is 0 Å². The van der Waals surface area contributed by atoms with E-state index in [2.05, 4.69) is 45.4 Å². The maximum atomic E-state index is 13.4. The van der Waals surface area contributed by atoms with Crippen molar-refractivity contribution < 1.29 is 9.59 Å². The lowest BCUT2D eigenvalue weighted by Crippen LogP contribution is -2.53. The Labute approximate surface area is 174 Å². The second-order valence-corrected chi connectivity index (χ2v) is 9.04. The van der Waals surface area contributed by atoms with E-state index in [1.165, 1.54) is 12.0 Å². The van der Waals surface area contributed by atoms with Crippen LogP contribution in [0.5, 0.6) is 0 Å². The zero-order valence-corrected chi connectivity index (χ0v) is 17.7. The summed E-state index contributed by atoms with van der Waals surface area (Å²) in [5, 5.41) is 2.95. The number of nitrogens with zero attached hydrogens (tertiary/aromatic N) is 3. The molecule has 0 aromatic heterocycles. The summed E-state index contributed by atoms with van der Waals surface area (Å²) < 4.78 is 0. The molecule has 4 rings (SSSR count). The molecule has 0 spiro atoms. The second kappa shape index (κ2) is 8.84. The summed E-state index contributed by atoms with van der Waals surface area (Å²) in [4.78, 5) is 32.2. The normalized spacial score (nSPS) is 28.0. The first-order valence-electron chi connectivity index (χ1n) is 11.1. The Morgan fingerprint density at radius 1 is 1.07 bits per heavy atom. The minimum absolute atomic E-state index is 0.0721. The van der Waals surface area contributed by atoms with Crippen molar-refractivity contribution in [2.75, 3.05) is 39.3 Å². The fourth-order valence-corrected chi connectivity index (χ4v) is 5.37. The van der Waals surface area contributed by atoms with Gasteiger partial charge in [-0.2, -0.15) is 0 Å². The number of carbonyl (C=O) groups excluding carboxylic acids is 2. The molecule has 3 saturated heterocycles. The first-order chi connectivity index (χ1) is 14.0. The van der Waals surface area contributed by atoms with Crippen LogP contribution < -0.4 is 5.32 Å². The highest BCUT2D eigenvalue weighted by Crippen LogP contribution is 2.45. The number of fused-ring (bicyclic) bond motifs is 1. The highest BCUT2D eigenvalue weighted by molar-refractivity contribution is 5.80. The van der Waals surface area contributed by atoms with Crippen LogP contribution in [0.15, 0.2) is 30.3 Å². The molecule has 3 heterocycles. The molecule has 6 heteroatoms. The number of piperazine rings is 1. The van der Waals surface area contributed by atoms with Gasteiger partial charge in [-0.25, -0.2) is 0 Å². The Balaban J connectivity index is 1.35. The molecule has 6 nitrogen and oxygen atoms in total. The standard InChI is InChI=1S/C23H34N4O2/c1-17(2)24-22(28)16-25-11-13-26(14-12-25)23(29)19-15-21(18-7-4-3-5-8-18)27-10-6-9-20(19)27/h3-5,7-8,17,19-21H,6,9-16H2,1-2H3,(H,24,28)/t19-,20+,21-/m1/s1. The third kappa shape index (κ3) is 4.48. The molecule has 0 saturated carbocycles. The lowest BCUT2D eigenvalue weighted by atomic mass is 9.93. The van der Waals surface area contributed by atoms with Gasteiger partial charge in [0.2, 0.25) is 11.8 Å². The van der Waals surface area contributed by atoms with Crippen molar-refractivity contribution in [3.05, 3.63) is 35.9 Å². The van der Waals surface area contributed by atoms with Gasteiger partial charge in [0.1, 0.15) is 0 Å². The summed E-state index contributed by atoms with van der Waals surface area (Å²) in [6, 6.07) is 11.6. The second-order valence-electron chi connectivity index (χ2n) is 9.04. The zero-order valence-electron chi connectivity index (χ0n) is 17.7. The molecule has 0 aliphatic carbocycles. The average Bonchev–Trinajstić information content (AvgIpc) is 3.31. The van der Waals surface area contributed by atoms with Gasteiger partial charge in [-0.05, 0) is 45.2 Å². The monoisotopic (exact) mass is 398 g/mol. The SMILES string of the molecule is CC(C)NC(=O)CN1CCN(C(=O)[C@@H]2C[C@H](c3ccccc3)N3CCC[C@@H]23)CC1. The van der Waals surface area contributed by atoms with Gasteiger partial charge in [0.15, 0.2) is 0 Å². The fraction of sp³-hybridized carbons (Fsp3) is 0.652. The van der Waals surface area contributed by atoms with E-state index in [4.69, 9.17) is 0 Å². The highest BCUT2D eigenvalue weighted by atomic mass is 16.2. The predicted octanol–water partition coefficient (Wildman–Crippen LogP) is 1.88. The molecule has 1 N–H and O–H groups in total. The molecule has 3 aliphatic heterocycles. The van der Waals surface area contributed by atoms with Gasteiger partial charge in [-0.15, -0.1) is 0 Å². The number of carbonyl (C=O) groups is 2. The first kappa shape index (κ1) is 20.4. The largest absolute Gasteiger partial charge is 0.353 e. The van der Waals surface area contributed by atoms with Crippen LogP contribution in [0, 0.1) is 5.92 Å². The summed E-state index contributed by atoms with van der Waals surface area (Å²) in [6.07, 6.45) is 3.26. The molecule has 3 aliphatic rings. The van der Waals surface area contributed by atoms with Crippen molar-refractivity contribution in [3.8, 4) is 0 Å². The Kier molecular flexibility index (Phi) is 6.20. The van der Waals surface area contributed by atoms with Crippen molar-refractivity contribution in [2.45, 2.75) is 51.2 Å². The number of benzene rings is 1. The van der Waals surface area contributed by atoms with Gasteiger partial charge in [0.05, 0.1) is 12.5 Å². The predicted molar refractivity (Wildman–Crippen MR) is 113 cm³/mol. The number of nitrogens with one attached hydrogen (secondary N) is 1. The first-order valence-corrected chi connectivity index (χ1v) is 11.1. The Morgan fingerprint density at radius 2 is 1.79 bits per heavy atom. The van der Waals surface area contributed by atoms with E-state index in [9.17, 15) is 9.59 Å². The van der Waals surface area contributed by atoms with Crippen LogP contribution >= 0.6 is 0 Å². The van der Waals surface area contributed by atoms with Gasteiger partial charge in [0, 0.05) is 44.3 Å². The maximum absolute atomic E-state index is 13.4. The van der Waals surface area contributed by atoms with Crippen LogP contribution in [0.4, 0.5) is 0 Å². The van der Waals surface area contributed by atoms with Crippen LogP contribution in [-0.4, -0.2) is 77.9 Å². The van der Waals surface area contributed by atoms with Gasteiger partial charge >= 0.3 is 0 Å². The van der Waals surface area contributed by atoms with E-state index in [0.717, 1.165) is 45.6 Å².